The number of nitrogen functional groups attached to an aromatic ring is 2. The second-order valence-electron chi connectivity index (χ2n) is 3.77. The second-order valence-corrected chi connectivity index (χ2v) is 5.11. The van der Waals surface area contributed by atoms with E-state index in [2.05, 4.69) is 13.0 Å². The van der Waals surface area contributed by atoms with E-state index in [1.807, 2.05) is 36.4 Å². The highest BCUT2D eigenvalue weighted by Crippen LogP contribution is 2.33. The van der Waals surface area contributed by atoms with Gasteiger partial charge in [-0.3, -0.25) is 0 Å². The highest BCUT2D eigenvalue weighted by molar-refractivity contribution is 7.99. The minimum absolute atomic E-state index is 0.762. The highest BCUT2D eigenvalue weighted by atomic mass is 32.2. The largest absolute Gasteiger partial charge is 0.398 e. The van der Waals surface area contributed by atoms with Gasteiger partial charge in [-0.2, -0.15) is 0 Å². The van der Waals surface area contributed by atoms with E-state index in [4.69, 9.17) is 11.5 Å². The SMILES string of the molecule is CCSc1ccc(N)c(-c2ccccc2N)c1. The fraction of sp³-hybridized carbons (Fsp3) is 0.143. The topological polar surface area (TPSA) is 52.0 Å². The van der Waals surface area contributed by atoms with Crippen LogP contribution in [0.4, 0.5) is 11.4 Å². The maximum Gasteiger partial charge on any atom is 0.0395 e. The lowest BCUT2D eigenvalue weighted by molar-refractivity contribution is 1.42. The van der Waals surface area contributed by atoms with Gasteiger partial charge in [-0.1, -0.05) is 25.1 Å². The summed E-state index contributed by atoms with van der Waals surface area (Å²) in [5.74, 6) is 1.05. The molecule has 2 rings (SSSR count). The number of nitrogens with two attached hydrogens (primary N) is 2. The molecule has 0 unspecified atom stereocenters. The number of rotatable bonds is 3. The van der Waals surface area contributed by atoms with Crippen LogP contribution in [0, 0.1) is 0 Å². The van der Waals surface area contributed by atoms with E-state index in [-0.39, 0.29) is 0 Å². The van der Waals surface area contributed by atoms with Gasteiger partial charge < -0.3 is 11.5 Å². The molecule has 0 radical (unpaired) electrons. The van der Waals surface area contributed by atoms with Crippen LogP contribution in [-0.2, 0) is 0 Å². The summed E-state index contributed by atoms with van der Waals surface area (Å²) in [6, 6.07) is 13.9. The lowest BCUT2D eigenvalue weighted by Gasteiger charge is -2.10. The lowest BCUT2D eigenvalue weighted by atomic mass is 10.0. The van der Waals surface area contributed by atoms with Crippen molar-refractivity contribution in [2.24, 2.45) is 0 Å². The smallest absolute Gasteiger partial charge is 0.0395 e. The van der Waals surface area contributed by atoms with Gasteiger partial charge in [0, 0.05) is 27.4 Å². The van der Waals surface area contributed by atoms with Gasteiger partial charge in [-0.15, -0.1) is 11.8 Å². The van der Waals surface area contributed by atoms with E-state index in [1.54, 1.807) is 11.8 Å². The molecule has 0 atom stereocenters. The average Bonchev–Trinajstić information content (AvgIpc) is 2.33. The Morgan fingerprint density at radius 1 is 0.941 bits per heavy atom. The van der Waals surface area contributed by atoms with Crippen molar-refractivity contribution in [1.82, 2.24) is 0 Å². The Bertz CT molecular complexity index is 523. The zero-order chi connectivity index (χ0) is 12.3. The first kappa shape index (κ1) is 11.9. The molecule has 2 aromatic rings. The minimum Gasteiger partial charge on any atom is -0.398 e. The summed E-state index contributed by atoms with van der Waals surface area (Å²) >= 11 is 1.80. The molecule has 0 aliphatic carbocycles. The first-order valence-corrected chi connectivity index (χ1v) is 6.58. The predicted molar refractivity (Wildman–Crippen MR) is 77.1 cm³/mol. The van der Waals surface area contributed by atoms with Crippen molar-refractivity contribution in [2.45, 2.75) is 11.8 Å². The zero-order valence-corrected chi connectivity index (χ0v) is 10.6. The maximum absolute atomic E-state index is 6.02. The van der Waals surface area contributed by atoms with Crippen LogP contribution in [0.2, 0.25) is 0 Å². The van der Waals surface area contributed by atoms with Crippen molar-refractivity contribution in [3.05, 3.63) is 42.5 Å². The predicted octanol–water partition coefficient (Wildman–Crippen LogP) is 3.63. The van der Waals surface area contributed by atoms with E-state index in [9.17, 15) is 0 Å². The number of anilines is 2. The van der Waals surface area contributed by atoms with Crippen LogP contribution in [0.25, 0.3) is 11.1 Å². The van der Waals surface area contributed by atoms with Gasteiger partial charge in [-0.25, -0.2) is 0 Å². The molecule has 0 bridgehead atoms. The number of hydrogen-bond acceptors (Lipinski definition) is 3. The maximum atomic E-state index is 6.02. The summed E-state index contributed by atoms with van der Waals surface area (Å²) < 4.78 is 0. The van der Waals surface area contributed by atoms with Gasteiger partial charge in [0.05, 0.1) is 0 Å². The van der Waals surface area contributed by atoms with Crippen molar-refractivity contribution in [2.75, 3.05) is 17.2 Å². The minimum atomic E-state index is 0.762. The van der Waals surface area contributed by atoms with Gasteiger partial charge in [0.25, 0.3) is 0 Å². The molecule has 0 heterocycles. The number of benzene rings is 2. The molecule has 3 heteroatoms. The van der Waals surface area contributed by atoms with Gasteiger partial charge in [0.15, 0.2) is 0 Å². The Balaban J connectivity index is 2.51. The number of thioether (sulfide) groups is 1. The molecule has 0 amide bonds. The summed E-state index contributed by atoms with van der Waals surface area (Å²) in [7, 11) is 0. The molecule has 0 aromatic heterocycles. The number of hydrogen-bond donors (Lipinski definition) is 2. The molecular weight excluding hydrogens is 228 g/mol. The van der Waals surface area contributed by atoms with Crippen LogP contribution in [0.3, 0.4) is 0 Å². The van der Waals surface area contributed by atoms with E-state index >= 15 is 0 Å². The zero-order valence-electron chi connectivity index (χ0n) is 9.81. The fourth-order valence-corrected chi connectivity index (χ4v) is 2.47. The van der Waals surface area contributed by atoms with Gasteiger partial charge >= 0.3 is 0 Å². The van der Waals surface area contributed by atoms with Crippen LogP contribution in [0.1, 0.15) is 6.92 Å². The first-order chi connectivity index (χ1) is 8.22. The molecule has 0 aliphatic heterocycles. The molecular formula is C14H16N2S. The Labute approximate surface area is 106 Å². The summed E-state index contributed by atoms with van der Waals surface area (Å²) in [6.45, 7) is 2.14. The summed E-state index contributed by atoms with van der Waals surface area (Å²) in [6.07, 6.45) is 0. The molecule has 0 saturated heterocycles. The van der Waals surface area contributed by atoms with Gasteiger partial charge in [0.1, 0.15) is 0 Å². The average molecular weight is 244 g/mol. The van der Waals surface area contributed by atoms with Gasteiger partial charge in [0.2, 0.25) is 0 Å². The first-order valence-electron chi connectivity index (χ1n) is 5.59. The van der Waals surface area contributed by atoms with E-state index < -0.39 is 0 Å². The summed E-state index contributed by atoms with van der Waals surface area (Å²) in [5, 5.41) is 0. The van der Waals surface area contributed by atoms with Crippen molar-refractivity contribution in [1.29, 1.82) is 0 Å². The van der Waals surface area contributed by atoms with Crippen LogP contribution in [-0.4, -0.2) is 5.75 Å². The second kappa shape index (κ2) is 5.15. The van der Waals surface area contributed by atoms with Crippen molar-refractivity contribution in [3.8, 4) is 11.1 Å². The lowest BCUT2D eigenvalue weighted by Crippen LogP contribution is -1.94. The van der Waals surface area contributed by atoms with E-state index in [0.29, 0.717) is 0 Å². The third-order valence-corrected chi connectivity index (χ3v) is 3.46. The molecule has 0 saturated carbocycles. The molecule has 0 spiro atoms. The van der Waals surface area contributed by atoms with Crippen LogP contribution in [0.15, 0.2) is 47.4 Å². The van der Waals surface area contributed by atoms with Crippen molar-refractivity contribution < 1.29 is 0 Å². The van der Waals surface area contributed by atoms with Crippen LogP contribution in [0.5, 0.6) is 0 Å². The molecule has 4 N–H and O–H groups in total. The normalized spacial score (nSPS) is 10.4. The molecule has 2 aromatic carbocycles. The Morgan fingerprint density at radius 3 is 2.35 bits per heavy atom. The molecule has 88 valence electrons. The van der Waals surface area contributed by atoms with Gasteiger partial charge in [-0.05, 0) is 30.0 Å². The third-order valence-electron chi connectivity index (χ3n) is 2.59. The summed E-state index contributed by atoms with van der Waals surface area (Å²) in [4.78, 5) is 1.22. The Hall–Kier alpha value is -1.61. The molecule has 0 aliphatic rings. The third kappa shape index (κ3) is 2.56. The van der Waals surface area contributed by atoms with E-state index in [0.717, 1.165) is 28.3 Å². The van der Waals surface area contributed by atoms with Crippen molar-refractivity contribution in [3.63, 3.8) is 0 Å². The Kier molecular flexibility index (Phi) is 3.59. The number of para-hydroxylation sites is 1. The van der Waals surface area contributed by atoms with Crippen molar-refractivity contribution >= 4 is 23.1 Å². The fourth-order valence-electron chi connectivity index (χ4n) is 1.77. The quantitative estimate of drug-likeness (QED) is 0.640. The van der Waals surface area contributed by atoms with Crippen LogP contribution >= 0.6 is 11.8 Å². The molecule has 2 nitrogen and oxygen atoms in total. The highest BCUT2D eigenvalue weighted by Gasteiger charge is 2.06. The Morgan fingerprint density at radius 2 is 1.65 bits per heavy atom. The summed E-state index contributed by atoms with van der Waals surface area (Å²) in [5.41, 5.74) is 15.6. The van der Waals surface area contributed by atoms with E-state index in [1.165, 1.54) is 4.90 Å². The molecule has 17 heavy (non-hydrogen) atoms. The standard InChI is InChI=1S/C14H16N2S/c1-2-17-10-7-8-14(16)12(9-10)11-5-3-4-6-13(11)15/h3-9H,2,15-16H2,1H3. The monoisotopic (exact) mass is 244 g/mol. The van der Waals surface area contributed by atoms with Crippen LogP contribution < -0.4 is 11.5 Å². The molecule has 0 fully saturated rings.